The third-order valence-electron chi connectivity index (χ3n) is 6.07. The molecule has 0 saturated carbocycles. The number of nitrogens with zero attached hydrogens (tertiary/aromatic N) is 2. The van der Waals surface area contributed by atoms with Crippen molar-refractivity contribution in [3.63, 3.8) is 0 Å². The van der Waals surface area contributed by atoms with Crippen LogP contribution in [0.1, 0.15) is 30.9 Å². The van der Waals surface area contributed by atoms with Crippen LogP contribution < -0.4 is 11.1 Å². The van der Waals surface area contributed by atoms with E-state index in [0.717, 1.165) is 24.9 Å². The minimum absolute atomic E-state index is 0.0919. The van der Waals surface area contributed by atoms with Gasteiger partial charge in [0, 0.05) is 45.7 Å². The molecule has 172 valence electrons. The summed E-state index contributed by atoms with van der Waals surface area (Å²) in [5.74, 6) is -0.498. The lowest BCUT2D eigenvalue weighted by molar-refractivity contribution is -0.142. The van der Waals surface area contributed by atoms with Crippen LogP contribution in [0.4, 0.5) is 4.39 Å². The van der Waals surface area contributed by atoms with Crippen LogP contribution in [-0.4, -0.2) is 59.9 Å². The molecule has 1 unspecified atom stereocenters. The molecule has 32 heavy (non-hydrogen) atoms. The largest absolute Gasteiger partial charge is 0.353 e. The van der Waals surface area contributed by atoms with E-state index in [1.54, 1.807) is 17.0 Å². The number of hydrogen-bond donors (Lipinski definition) is 2. The number of halogens is 1. The van der Waals surface area contributed by atoms with E-state index < -0.39 is 6.04 Å². The highest BCUT2D eigenvalue weighted by molar-refractivity contribution is 5.87. The van der Waals surface area contributed by atoms with E-state index in [2.05, 4.69) is 22.3 Å². The quantitative estimate of drug-likeness (QED) is 0.627. The fraction of sp³-hybridized carbons (Fsp3) is 0.440. The van der Waals surface area contributed by atoms with E-state index in [1.165, 1.54) is 24.6 Å². The first-order valence-corrected chi connectivity index (χ1v) is 11.3. The fourth-order valence-corrected chi connectivity index (χ4v) is 4.35. The predicted molar refractivity (Wildman–Crippen MR) is 123 cm³/mol. The predicted octanol–water partition coefficient (Wildman–Crippen LogP) is 2.32. The van der Waals surface area contributed by atoms with Crippen LogP contribution in [0.5, 0.6) is 0 Å². The SMILES string of the molecule is CC(=O)N1CCC(N(CCc2ccccc2)Cc2ccc(F)cc2)C[C@@H]1C(=O)NCCN. The molecule has 6 nitrogen and oxygen atoms in total. The van der Waals surface area contributed by atoms with Crippen molar-refractivity contribution in [1.82, 2.24) is 15.1 Å². The van der Waals surface area contributed by atoms with E-state index in [9.17, 15) is 14.0 Å². The van der Waals surface area contributed by atoms with E-state index in [-0.39, 0.29) is 23.7 Å². The number of amides is 2. The highest BCUT2D eigenvalue weighted by Gasteiger charge is 2.36. The monoisotopic (exact) mass is 440 g/mol. The summed E-state index contributed by atoms with van der Waals surface area (Å²) in [6, 6.07) is 16.5. The Hall–Kier alpha value is -2.77. The molecular formula is C25H33FN4O2. The van der Waals surface area contributed by atoms with Crippen LogP contribution in [0, 0.1) is 5.82 Å². The minimum atomic E-state index is -0.509. The highest BCUT2D eigenvalue weighted by Crippen LogP contribution is 2.25. The van der Waals surface area contributed by atoms with Crippen LogP contribution >= 0.6 is 0 Å². The number of nitrogens with one attached hydrogen (secondary N) is 1. The van der Waals surface area contributed by atoms with Gasteiger partial charge in [0.05, 0.1) is 0 Å². The summed E-state index contributed by atoms with van der Waals surface area (Å²) in [5.41, 5.74) is 7.81. The highest BCUT2D eigenvalue weighted by atomic mass is 19.1. The number of piperidine rings is 1. The second kappa shape index (κ2) is 11.7. The molecule has 3 rings (SSSR count). The van der Waals surface area contributed by atoms with Crippen LogP contribution in [0.15, 0.2) is 54.6 Å². The first-order chi connectivity index (χ1) is 15.5. The van der Waals surface area contributed by atoms with Crippen LogP contribution in [0.3, 0.4) is 0 Å². The summed E-state index contributed by atoms with van der Waals surface area (Å²) in [6.45, 7) is 4.26. The third kappa shape index (κ3) is 6.61. The first-order valence-electron chi connectivity index (χ1n) is 11.3. The fourth-order valence-electron chi connectivity index (χ4n) is 4.35. The normalized spacial score (nSPS) is 18.6. The zero-order chi connectivity index (χ0) is 22.9. The molecular weight excluding hydrogens is 407 g/mol. The van der Waals surface area contributed by atoms with E-state index >= 15 is 0 Å². The molecule has 1 aliphatic heterocycles. The van der Waals surface area contributed by atoms with Gasteiger partial charge in [-0.25, -0.2) is 4.39 Å². The second-order valence-corrected chi connectivity index (χ2v) is 8.32. The van der Waals surface area contributed by atoms with Gasteiger partial charge in [0.15, 0.2) is 0 Å². The molecule has 2 atom stereocenters. The summed E-state index contributed by atoms with van der Waals surface area (Å²) in [5, 5.41) is 2.84. The summed E-state index contributed by atoms with van der Waals surface area (Å²) >= 11 is 0. The second-order valence-electron chi connectivity index (χ2n) is 8.32. The van der Waals surface area contributed by atoms with Crippen molar-refractivity contribution in [2.45, 2.75) is 44.8 Å². The van der Waals surface area contributed by atoms with Crippen molar-refractivity contribution in [3.8, 4) is 0 Å². The van der Waals surface area contributed by atoms with Gasteiger partial charge < -0.3 is 16.0 Å². The number of carbonyl (C=O) groups is 2. The third-order valence-corrected chi connectivity index (χ3v) is 6.07. The lowest BCUT2D eigenvalue weighted by Gasteiger charge is -2.42. The maximum Gasteiger partial charge on any atom is 0.242 e. The Labute approximate surface area is 189 Å². The molecule has 0 aliphatic carbocycles. The van der Waals surface area contributed by atoms with Gasteiger partial charge in [-0.1, -0.05) is 42.5 Å². The Morgan fingerprint density at radius 2 is 1.84 bits per heavy atom. The molecule has 1 heterocycles. The first kappa shape index (κ1) is 23.9. The number of benzene rings is 2. The van der Waals surface area contributed by atoms with Crippen LogP contribution in [0.2, 0.25) is 0 Å². The van der Waals surface area contributed by atoms with Crippen molar-refractivity contribution in [2.24, 2.45) is 5.73 Å². The number of carbonyl (C=O) groups excluding carboxylic acids is 2. The molecule has 0 radical (unpaired) electrons. The Morgan fingerprint density at radius 3 is 2.50 bits per heavy atom. The van der Waals surface area contributed by atoms with Gasteiger partial charge >= 0.3 is 0 Å². The van der Waals surface area contributed by atoms with Gasteiger partial charge in [0.1, 0.15) is 11.9 Å². The molecule has 2 aromatic rings. The average molecular weight is 441 g/mol. The number of nitrogens with two attached hydrogens (primary N) is 1. The van der Waals surface area contributed by atoms with E-state index in [4.69, 9.17) is 5.73 Å². The van der Waals surface area contributed by atoms with Gasteiger partial charge in [0.25, 0.3) is 0 Å². The van der Waals surface area contributed by atoms with Crippen LogP contribution in [-0.2, 0) is 22.6 Å². The molecule has 0 spiro atoms. The Morgan fingerprint density at radius 1 is 1.12 bits per heavy atom. The van der Waals surface area contributed by atoms with Gasteiger partial charge in [-0.2, -0.15) is 0 Å². The molecule has 1 aliphatic rings. The average Bonchev–Trinajstić information content (AvgIpc) is 2.81. The standard InChI is InChI=1S/C25H33FN4O2/c1-19(31)30-16-12-23(17-24(30)25(32)28-14-13-27)29(15-11-20-5-3-2-4-6-20)18-21-7-9-22(26)10-8-21/h2-10,23-24H,11-18,27H2,1H3,(H,28,32)/t23?,24-/m1/s1. The van der Waals surface area contributed by atoms with E-state index in [1.807, 2.05) is 18.2 Å². The lowest BCUT2D eigenvalue weighted by atomic mass is 9.94. The zero-order valence-electron chi connectivity index (χ0n) is 18.7. The van der Waals surface area contributed by atoms with Crippen molar-refractivity contribution in [3.05, 3.63) is 71.5 Å². The number of hydrogen-bond acceptors (Lipinski definition) is 4. The van der Waals surface area contributed by atoms with Gasteiger partial charge in [-0.3, -0.25) is 14.5 Å². The maximum absolute atomic E-state index is 13.4. The molecule has 0 bridgehead atoms. The van der Waals surface area contributed by atoms with Gasteiger partial charge in [-0.15, -0.1) is 0 Å². The Balaban J connectivity index is 1.77. The lowest BCUT2D eigenvalue weighted by Crippen LogP contribution is -2.57. The Bertz CT molecular complexity index is 875. The van der Waals surface area contributed by atoms with Crippen molar-refractivity contribution < 1.29 is 14.0 Å². The summed E-state index contributed by atoms with van der Waals surface area (Å²) < 4.78 is 13.4. The molecule has 3 N–H and O–H groups in total. The number of likely N-dealkylation sites (tertiary alicyclic amines) is 1. The zero-order valence-corrected chi connectivity index (χ0v) is 18.7. The Kier molecular flexibility index (Phi) is 8.76. The maximum atomic E-state index is 13.4. The van der Waals surface area contributed by atoms with Gasteiger partial charge in [0.2, 0.25) is 11.8 Å². The molecule has 2 amide bonds. The summed E-state index contributed by atoms with van der Waals surface area (Å²) in [7, 11) is 0. The van der Waals surface area contributed by atoms with E-state index in [0.29, 0.717) is 32.6 Å². The smallest absolute Gasteiger partial charge is 0.242 e. The topological polar surface area (TPSA) is 78.7 Å². The summed E-state index contributed by atoms with van der Waals surface area (Å²) in [4.78, 5) is 29.0. The van der Waals surface area contributed by atoms with Crippen molar-refractivity contribution in [2.75, 3.05) is 26.2 Å². The van der Waals surface area contributed by atoms with Crippen LogP contribution in [0.25, 0.3) is 0 Å². The van der Waals surface area contributed by atoms with Gasteiger partial charge in [-0.05, 0) is 42.5 Å². The van der Waals surface area contributed by atoms with Crippen molar-refractivity contribution >= 4 is 11.8 Å². The molecule has 0 aromatic heterocycles. The molecule has 2 aromatic carbocycles. The molecule has 7 heteroatoms. The molecule has 1 fully saturated rings. The molecule has 1 saturated heterocycles. The minimum Gasteiger partial charge on any atom is -0.353 e. The van der Waals surface area contributed by atoms with Crippen molar-refractivity contribution in [1.29, 1.82) is 0 Å². The number of rotatable bonds is 9. The summed E-state index contributed by atoms with van der Waals surface area (Å²) in [6.07, 6.45) is 2.22.